The Kier molecular flexibility index (Phi) is 6.25. The summed E-state index contributed by atoms with van der Waals surface area (Å²) >= 11 is 8.31. The Morgan fingerprint density at radius 1 is 1.44 bits per heavy atom. The number of nitrogens with zero attached hydrogens (tertiary/aromatic N) is 1. The maximum absolute atomic E-state index is 4.45. The van der Waals surface area contributed by atoms with E-state index in [9.17, 15) is 0 Å². The van der Waals surface area contributed by atoms with Crippen molar-refractivity contribution in [3.05, 3.63) is 60.1 Å². The van der Waals surface area contributed by atoms with Gasteiger partial charge in [-0.05, 0) is 17.2 Å². The third-order valence-corrected chi connectivity index (χ3v) is 3.20. The highest BCUT2D eigenvalue weighted by Gasteiger charge is 2.24. The van der Waals surface area contributed by atoms with E-state index in [0.717, 1.165) is 11.1 Å². The van der Waals surface area contributed by atoms with Gasteiger partial charge < -0.3 is 0 Å². The van der Waals surface area contributed by atoms with E-state index < -0.39 is 0 Å². The van der Waals surface area contributed by atoms with Crippen molar-refractivity contribution in [3.63, 3.8) is 0 Å². The Morgan fingerprint density at radius 2 is 2.17 bits per heavy atom. The number of aliphatic imine (C=N–C) groups is 1. The largest absolute Gasteiger partial charge is 0.288 e. The Balaban J connectivity index is 3.05. The van der Waals surface area contributed by atoms with Crippen molar-refractivity contribution >= 4 is 31.7 Å². The highest BCUT2D eigenvalue weighted by molar-refractivity contribution is 7.84. The molecule has 2 atom stereocenters. The van der Waals surface area contributed by atoms with Crippen molar-refractivity contribution in [2.24, 2.45) is 10.9 Å². The van der Waals surface area contributed by atoms with E-state index in [2.05, 4.69) is 61.0 Å². The van der Waals surface area contributed by atoms with Gasteiger partial charge in [0, 0.05) is 23.6 Å². The Bertz CT molecular complexity index is 433. The monoisotopic (exact) mass is 278 g/mol. The second kappa shape index (κ2) is 7.46. The number of thiol groups is 2. The first kappa shape index (κ1) is 15.1. The molecule has 0 amide bonds. The zero-order valence-corrected chi connectivity index (χ0v) is 12.0. The van der Waals surface area contributed by atoms with E-state index >= 15 is 0 Å². The molecule has 0 bridgehead atoms. The molecule has 0 saturated carbocycles. The molecule has 0 spiro atoms. The van der Waals surface area contributed by atoms with Crippen molar-refractivity contribution in [3.8, 4) is 0 Å². The van der Waals surface area contributed by atoms with Crippen LogP contribution in [0.15, 0.2) is 65.1 Å². The maximum Gasteiger partial charge on any atom is 0.0736 e. The van der Waals surface area contributed by atoms with Crippen LogP contribution in [0.5, 0.6) is 0 Å². The third kappa shape index (κ3) is 3.77. The molecular weight excluding hydrogens is 260 g/mol. The fourth-order valence-electron chi connectivity index (χ4n) is 1.84. The molecule has 4 heteroatoms. The Labute approximate surface area is 120 Å². The molecule has 1 aliphatic rings. The molecule has 1 aliphatic heterocycles. The first-order chi connectivity index (χ1) is 8.61. The lowest BCUT2D eigenvalue weighted by Crippen LogP contribution is -2.30. The lowest BCUT2D eigenvalue weighted by atomic mass is 9.85. The third-order valence-electron chi connectivity index (χ3n) is 2.75. The quantitative estimate of drug-likeness (QED) is 0.505. The van der Waals surface area contributed by atoms with Gasteiger partial charge in [0.25, 0.3) is 0 Å². The molecule has 0 aromatic rings. The lowest BCUT2D eigenvalue weighted by Gasteiger charge is -2.26. The maximum atomic E-state index is 4.45. The molecule has 0 aliphatic carbocycles. The molecule has 18 heavy (non-hydrogen) atoms. The number of nitrogens with one attached hydrogen (secondary N) is 1. The zero-order valence-electron chi connectivity index (χ0n) is 10.2. The van der Waals surface area contributed by atoms with Crippen molar-refractivity contribution in [1.82, 2.24) is 4.72 Å². The highest BCUT2D eigenvalue weighted by Crippen LogP contribution is 2.31. The molecular formula is C14H18N2S2. The van der Waals surface area contributed by atoms with Crippen molar-refractivity contribution in [2.45, 2.75) is 6.04 Å². The van der Waals surface area contributed by atoms with Crippen LogP contribution in [0.25, 0.3) is 0 Å². The minimum atomic E-state index is 0.0862. The van der Waals surface area contributed by atoms with Gasteiger partial charge in [0.1, 0.15) is 0 Å². The summed E-state index contributed by atoms with van der Waals surface area (Å²) in [6.07, 6.45) is 9.51. The molecule has 0 aromatic carbocycles. The molecule has 96 valence electrons. The normalized spacial score (nSPS) is 22.9. The fourth-order valence-corrected chi connectivity index (χ4v) is 2.16. The summed E-state index contributed by atoms with van der Waals surface area (Å²) in [5.41, 5.74) is 1.85. The number of hydrogen-bond acceptors (Lipinski definition) is 4. The van der Waals surface area contributed by atoms with Gasteiger partial charge in [0.2, 0.25) is 0 Å². The van der Waals surface area contributed by atoms with Crippen molar-refractivity contribution < 1.29 is 0 Å². The summed E-state index contributed by atoms with van der Waals surface area (Å²) in [5.74, 6) is 0.129. The molecule has 0 aromatic heterocycles. The molecule has 0 fully saturated rings. The predicted octanol–water partition coefficient (Wildman–Crippen LogP) is 3.16. The van der Waals surface area contributed by atoms with Gasteiger partial charge in [-0.3, -0.25) is 9.71 Å². The molecule has 0 saturated heterocycles. The first-order valence-corrected chi connectivity index (χ1v) is 6.48. The summed E-state index contributed by atoms with van der Waals surface area (Å²) in [6, 6.07) is 0.0862. The van der Waals surface area contributed by atoms with Gasteiger partial charge in [-0.2, -0.15) is 0 Å². The van der Waals surface area contributed by atoms with Crippen LogP contribution in [0, 0.1) is 5.92 Å². The van der Waals surface area contributed by atoms with Gasteiger partial charge in [-0.1, -0.05) is 50.8 Å². The van der Waals surface area contributed by atoms with E-state index in [1.165, 1.54) is 0 Å². The average molecular weight is 278 g/mol. The Morgan fingerprint density at radius 3 is 2.72 bits per heavy atom. The summed E-state index contributed by atoms with van der Waals surface area (Å²) < 4.78 is 2.86. The van der Waals surface area contributed by atoms with E-state index in [-0.39, 0.29) is 12.0 Å². The van der Waals surface area contributed by atoms with Crippen LogP contribution >= 0.6 is 25.4 Å². The van der Waals surface area contributed by atoms with Crippen molar-refractivity contribution in [1.29, 1.82) is 0 Å². The van der Waals surface area contributed by atoms with E-state index in [0.29, 0.717) is 11.4 Å². The SMILES string of the molecule is C=C/C=C(\C(=C)C(=C)S)C1C=CC=NC1CNS. The van der Waals surface area contributed by atoms with Crippen LogP contribution in [0.3, 0.4) is 0 Å². The zero-order chi connectivity index (χ0) is 13.5. The van der Waals surface area contributed by atoms with Crippen LogP contribution in [0.4, 0.5) is 0 Å². The van der Waals surface area contributed by atoms with Crippen LogP contribution in [-0.2, 0) is 0 Å². The second-order valence-corrected chi connectivity index (χ2v) is 4.78. The van der Waals surface area contributed by atoms with Gasteiger partial charge in [-0.25, -0.2) is 0 Å². The van der Waals surface area contributed by atoms with Crippen LogP contribution in [0.2, 0.25) is 0 Å². The van der Waals surface area contributed by atoms with E-state index in [1.807, 2.05) is 12.2 Å². The van der Waals surface area contributed by atoms with Crippen LogP contribution in [0.1, 0.15) is 0 Å². The molecule has 2 unspecified atom stereocenters. The smallest absolute Gasteiger partial charge is 0.0736 e. The molecule has 1 rings (SSSR count). The topological polar surface area (TPSA) is 24.4 Å². The Hall–Kier alpha value is -0.970. The summed E-state index contributed by atoms with van der Waals surface area (Å²) in [6.45, 7) is 12.3. The van der Waals surface area contributed by atoms with E-state index in [4.69, 9.17) is 0 Å². The molecule has 1 N–H and O–H groups in total. The second-order valence-electron chi connectivity index (χ2n) is 3.92. The minimum Gasteiger partial charge on any atom is -0.288 e. The standard InChI is InChI=1S/C14H18N2S2/c1-4-6-12(10(2)11(3)17)13-7-5-8-15-14(13)9-16-18/h4-8,13-14,16-18H,1-3,9H2/b12-6+. The molecule has 1 heterocycles. The van der Waals surface area contributed by atoms with Gasteiger partial charge in [0.15, 0.2) is 0 Å². The minimum absolute atomic E-state index is 0.0862. The molecule has 2 nitrogen and oxygen atoms in total. The first-order valence-electron chi connectivity index (χ1n) is 5.58. The van der Waals surface area contributed by atoms with Crippen LogP contribution < -0.4 is 4.72 Å². The van der Waals surface area contributed by atoms with Gasteiger partial charge in [-0.15, -0.1) is 12.6 Å². The van der Waals surface area contributed by atoms with Gasteiger partial charge >= 0.3 is 0 Å². The summed E-state index contributed by atoms with van der Waals surface area (Å²) in [5, 5.41) is 0. The molecule has 0 radical (unpaired) electrons. The number of allylic oxidation sites excluding steroid dienone is 4. The van der Waals surface area contributed by atoms with Crippen molar-refractivity contribution in [2.75, 3.05) is 6.54 Å². The fraction of sp³-hybridized carbons (Fsp3) is 0.214. The summed E-state index contributed by atoms with van der Waals surface area (Å²) in [4.78, 5) is 5.11. The highest BCUT2D eigenvalue weighted by atomic mass is 32.1. The number of rotatable bonds is 6. The number of dihydropyridines is 1. The van der Waals surface area contributed by atoms with E-state index in [1.54, 1.807) is 12.3 Å². The summed E-state index contributed by atoms with van der Waals surface area (Å²) in [7, 11) is 0. The van der Waals surface area contributed by atoms with Gasteiger partial charge in [0.05, 0.1) is 6.04 Å². The number of hydrogen-bond donors (Lipinski definition) is 3. The average Bonchev–Trinajstić information content (AvgIpc) is 2.36. The lowest BCUT2D eigenvalue weighted by molar-refractivity contribution is 0.561. The predicted molar refractivity (Wildman–Crippen MR) is 87.4 cm³/mol. The van der Waals surface area contributed by atoms with Crippen LogP contribution in [-0.4, -0.2) is 18.8 Å².